The lowest BCUT2D eigenvalue weighted by molar-refractivity contribution is 0.143. The fourth-order valence-corrected chi connectivity index (χ4v) is 4.24. The van der Waals surface area contributed by atoms with Crippen LogP contribution in [0, 0.1) is 11.7 Å². The predicted octanol–water partition coefficient (Wildman–Crippen LogP) is 5.81. The first-order chi connectivity index (χ1) is 16.6. The molecule has 35 heavy (non-hydrogen) atoms. The van der Waals surface area contributed by atoms with E-state index in [2.05, 4.69) is 0 Å². The van der Waals surface area contributed by atoms with Crippen LogP contribution in [0.3, 0.4) is 0 Å². The van der Waals surface area contributed by atoms with Crippen molar-refractivity contribution in [3.63, 3.8) is 0 Å². The molecule has 0 bridgehead atoms. The Bertz CT molecular complexity index is 1290. The van der Waals surface area contributed by atoms with E-state index in [1.165, 1.54) is 12.3 Å². The van der Waals surface area contributed by atoms with Gasteiger partial charge in [-0.25, -0.2) is 9.18 Å². The Morgan fingerprint density at radius 2 is 1.89 bits per heavy atom. The zero-order valence-corrected chi connectivity index (χ0v) is 20.8. The number of hydrogen-bond donors (Lipinski definition) is 2. The first kappa shape index (κ1) is 26.5. The number of hydrogen-bond acceptors (Lipinski definition) is 5. The molecule has 0 spiro atoms. The normalized spacial score (nSPS) is 13.1. The van der Waals surface area contributed by atoms with Crippen LogP contribution in [-0.4, -0.2) is 33.6 Å². The Labute approximate surface area is 207 Å². The third-order valence-corrected chi connectivity index (χ3v) is 6.29. The molecule has 0 aliphatic heterocycles. The SMILES string of the molecule is CC[C@H](C)[C@@H](CO)n1cc(OC(=O)O)c(=O)c2cc(Cc3cccc(Cl)c3F)c(OC(C)C)cc21. The zero-order valence-electron chi connectivity index (χ0n) is 20.0. The summed E-state index contributed by atoms with van der Waals surface area (Å²) >= 11 is 5.95. The first-order valence-corrected chi connectivity index (χ1v) is 11.8. The summed E-state index contributed by atoms with van der Waals surface area (Å²) in [7, 11) is 0. The van der Waals surface area contributed by atoms with Gasteiger partial charge in [-0.2, -0.15) is 0 Å². The summed E-state index contributed by atoms with van der Waals surface area (Å²) in [4.78, 5) is 24.5. The van der Waals surface area contributed by atoms with Crippen molar-refractivity contribution in [1.29, 1.82) is 0 Å². The summed E-state index contributed by atoms with van der Waals surface area (Å²) in [5.74, 6) is -0.516. The monoisotopic (exact) mass is 505 g/mol. The summed E-state index contributed by atoms with van der Waals surface area (Å²) in [6, 6.07) is 7.45. The molecule has 0 aliphatic carbocycles. The number of carboxylic acid groups (broad SMARTS) is 1. The van der Waals surface area contributed by atoms with Crippen LogP contribution in [0.4, 0.5) is 9.18 Å². The Hall–Kier alpha value is -3.10. The maximum absolute atomic E-state index is 14.7. The second kappa shape index (κ2) is 11.1. The number of ether oxygens (including phenoxy) is 2. The van der Waals surface area contributed by atoms with Crippen LogP contribution in [0.15, 0.2) is 41.3 Å². The molecule has 1 heterocycles. The van der Waals surface area contributed by atoms with E-state index in [1.807, 2.05) is 27.7 Å². The Kier molecular flexibility index (Phi) is 8.40. The van der Waals surface area contributed by atoms with Gasteiger partial charge in [0.25, 0.3) is 0 Å². The topological polar surface area (TPSA) is 98.0 Å². The third kappa shape index (κ3) is 5.77. The summed E-state index contributed by atoms with van der Waals surface area (Å²) in [6.07, 6.45) is 0.283. The van der Waals surface area contributed by atoms with Crippen LogP contribution < -0.4 is 14.9 Å². The van der Waals surface area contributed by atoms with Crippen LogP contribution in [0.2, 0.25) is 5.02 Å². The van der Waals surface area contributed by atoms with Gasteiger partial charge in [-0.3, -0.25) is 4.79 Å². The van der Waals surface area contributed by atoms with E-state index < -0.39 is 23.4 Å². The number of pyridine rings is 1. The zero-order chi connectivity index (χ0) is 25.9. The minimum atomic E-state index is -1.63. The largest absolute Gasteiger partial charge is 0.511 e. The fraction of sp³-hybridized carbons (Fsp3) is 0.385. The number of fused-ring (bicyclic) bond motifs is 1. The highest BCUT2D eigenvalue weighted by Gasteiger charge is 2.24. The lowest BCUT2D eigenvalue weighted by atomic mass is 9.97. The van der Waals surface area contributed by atoms with Crippen LogP contribution in [0.5, 0.6) is 11.5 Å². The molecule has 3 aromatic rings. The molecule has 9 heteroatoms. The van der Waals surface area contributed by atoms with Crippen molar-refractivity contribution in [2.75, 3.05) is 6.61 Å². The van der Waals surface area contributed by atoms with E-state index in [-0.39, 0.29) is 41.2 Å². The highest BCUT2D eigenvalue weighted by atomic mass is 35.5. The Balaban J connectivity index is 2.34. The minimum Gasteiger partial charge on any atom is -0.491 e. The highest BCUT2D eigenvalue weighted by molar-refractivity contribution is 6.30. The maximum Gasteiger partial charge on any atom is 0.511 e. The molecular formula is C26H29ClFNO6. The number of aliphatic hydroxyl groups excluding tert-OH is 1. The number of nitrogens with zero attached hydrogens (tertiary/aromatic N) is 1. The first-order valence-electron chi connectivity index (χ1n) is 11.4. The Morgan fingerprint density at radius 3 is 2.49 bits per heavy atom. The van der Waals surface area contributed by atoms with E-state index in [9.17, 15) is 19.1 Å². The molecule has 2 aromatic carbocycles. The van der Waals surface area contributed by atoms with Gasteiger partial charge in [0.2, 0.25) is 5.43 Å². The maximum atomic E-state index is 14.7. The van der Waals surface area contributed by atoms with E-state index in [0.29, 0.717) is 22.4 Å². The lowest BCUT2D eigenvalue weighted by Crippen LogP contribution is -2.24. The molecule has 0 saturated heterocycles. The lowest BCUT2D eigenvalue weighted by Gasteiger charge is -2.27. The summed E-state index contributed by atoms with van der Waals surface area (Å²) in [5, 5.41) is 19.5. The summed E-state index contributed by atoms with van der Waals surface area (Å²) < 4.78 is 27.1. The quantitative estimate of drug-likeness (QED) is 0.356. The van der Waals surface area contributed by atoms with Crippen molar-refractivity contribution in [2.45, 2.75) is 52.7 Å². The van der Waals surface area contributed by atoms with Gasteiger partial charge in [-0.15, -0.1) is 0 Å². The number of carbonyl (C=O) groups is 1. The van der Waals surface area contributed by atoms with E-state index in [0.717, 1.165) is 6.42 Å². The van der Waals surface area contributed by atoms with Gasteiger partial charge in [0.1, 0.15) is 11.6 Å². The standard InChI is InChI=1S/C26H29ClFNO6/c1-5-15(4)21(13-30)29-12-23(35-26(32)33)25(31)18-10-17(22(11-20(18)29)34-14(2)3)9-16-7-6-8-19(27)24(16)28/h6-8,10-12,14-15,21,30H,5,9,13H2,1-4H3,(H,32,33)/t15-,21+/m0/s1. The number of halogens is 2. The van der Waals surface area contributed by atoms with Crippen LogP contribution in [-0.2, 0) is 6.42 Å². The molecule has 0 amide bonds. The molecule has 7 nitrogen and oxygen atoms in total. The van der Waals surface area contributed by atoms with Gasteiger partial charge in [-0.1, -0.05) is 44.0 Å². The van der Waals surface area contributed by atoms with Crippen molar-refractivity contribution in [3.8, 4) is 11.5 Å². The predicted molar refractivity (Wildman–Crippen MR) is 132 cm³/mol. The average molecular weight is 506 g/mol. The Morgan fingerprint density at radius 1 is 1.17 bits per heavy atom. The molecule has 2 atom stereocenters. The third-order valence-electron chi connectivity index (χ3n) is 6.00. The van der Waals surface area contributed by atoms with Crippen LogP contribution >= 0.6 is 11.6 Å². The molecule has 2 N–H and O–H groups in total. The van der Waals surface area contributed by atoms with Gasteiger partial charge in [0, 0.05) is 12.5 Å². The molecule has 0 fully saturated rings. The van der Waals surface area contributed by atoms with Crippen molar-refractivity contribution in [3.05, 3.63) is 68.7 Å². The molecule has 0 unspecified atom stereocenters. The van der Waals surface area contributed by atoms with Crippen molar-refractivity contribution in [1.82, 2.24) is 4.57 Å². The second-order valence-electron chi connectivity index (χ2n) is 8.77. The fourth-order valence-electron chi connectivity index (χ4n) is 4.04. The second-order valence-corrected chi connectivity index (χ2v) is 9.17. The summed E-state index contributed by atoms with van der Waals surface area (Å²) in [5.41, 5.74) is 0.644. The van der Waals surface area contributed by atoms with Gasteiger partial charge in [0.05, 0.1) is 40.9 Å². The van der Waals surface area contributed by atoms with Gasteiger partial charge in [0.15, 0.2) is 5.75 Å². The van der Waals surface area contributed by atoms with Gasteiger partial charge in [-0.05, 0) is 43.0 Å². The number of aromatic nitrogens is 1. The number of aliphatic hydroxyl groups is 1. The van der Waals surface area contributed by atoms with Crippen molar-refractivity contribution < 1.29 is 28.9 Å². The van der Waals surface area contributed by atoms with E-state index in [4.69, 9.17) is 26.2 Å². The summed E-state index contributed by atoms with van der Waals surface area (Å²) in [6.45, 7) is 7.37. The highest BCUT2D eigenvalue weighted by Crippen LogP contribution is 2.33. The molecule has 1 aromatic heterocycles. The van der Waals surface area contributed by atoms with Crippen LogP contribution in [0.1, 0.15) is 51.3 Å². The molecule has 0 radical (unpaired) electrons. The van der Waals surface area contributed by atoms with E-state index in [1.54, 1.807) is 28.8 Å². The molecule has 188 valence electrons. The smallest absolute Gasteiger partial charge is 0.491 e. The van der Waals surface area contributed by atoms with Crippen LogP contribution in [0.25, 0.3) is 10.9 Å². The van der Waals surface area contributed by atoms with Gasteiger partial charge >= 0.3 is 6.16 Å². The minimum absolute atomic E-state index is 0.00178. The molecule has 3 rings (SSSR count). The molecular weight excluding hydrogens is 477 g/mol. The number of benzene rings is 2. The van der Waals surface area contributed by atoms with Crippen molar-refractivity contribution in [2.24, 2.45) is 5.92 Å². The number of rotatable bonds is 9. The van der Waals surface area contributed by atoms with Gasteiger partial charge < -0.3 is 24.3 Å². The van der Waals surface area contributed by atoms with E-state index >= 15 is 0 Å². The molecule has 0 aliphatic rings. The van der Waals surface area contributed by atoms with Crippen molar-refractivity contribution >= 4 is 28.7 Å². The molecule has 0 saturated carbocycles. The average Bonchev–Trinajstić information content (AvgIpc) is 2.80.